The second-order valence-corrected chi connectivity index (χ2v) is 6.47. The number of hydrogen-bond acceptors (Lipinski definition) is 5. The highest BCUT2D eigenvalue weighted by Gasteiger charge is 2.34. The maximum atomic E-state index is 12.5. The number of aromatic nitrogens is 3. The fraction of sp³-hybridized carbons (Fsp3) is 0.562. The van der Waals surface area contributed by atoms with Crippen LogP contribution in [-0.2, 0) is 11.2 Å². The molecule has 7 heteroatoms. The van der Waals surface area contributed by atoms with Crippen LogP contribution in [0.25, 0.3) is 11.0 Å². The van der Waals surface area contributed by atoms with E-state index in [4.69, 9.17) is 4.74 Å². The number of hydrogen-bond donors (Lipinski definition) is 2. The molecule has 0 spiro atoms. The quantitative estimate of drug-likeness (QED) is 0.868. The first-order chi connectivity index (χ1) is 11.2. The van der Waals surface area contributed by atoms with Crippen molar-refractivity contribution in [1.29, 1.82) is 0 Å². The summed E-state index contributed by atoms with van der Waals surface area (Å²) in [5, 5.41) is 13.9. The van der Waals surface area contributed by atoms with Gasteiger partial charge in [0.15, 0.2) is 0 Å². The third-order valence-corrected chi connectivity index (χ3v) is 5.07. The van der Waals surface area contributed by atoms with Gasteiger partial charge in [-0.05, 0) is 37.9 Å². The highest BCUT2D eigenvalue weighted by atomic mass is 16.5. The fourth-order valence-electron chi connectivity index (χ4n) is 3.80. The number of nitrogens with zero attached hydrogens (tertiary/aromatic N) is 3. The molecule has 3 aliphatic heterocycles. The molecule has 0 aliphatic carbocycles. The van der Waals surface area contributed by atoms with Gasteiger partial charge in [-0.15, -0.1) is 0 Å². The number of H-pyrrole nitrogens is 1. The van der Waals surface area contributed by atoms with Crippen LogP contribution in [0.2, 0.25) is 0 Å². The van der Waals surface area contributed by atoms with Crippen LogP contribution in [0.4, 0.5) is 0 Å². The van der Waals surface area contributed by atoms with Gasteiger partial charge in [-0.1, -0.05) is 0 Å². The van der Waals surface area contributed by atoms with Crippen molar-refractivity contribution in [3.8, 4) is 5.75 Å². The summed E-state index contributed by atoms with van der Waals surface area (Å²) in [5.74, 6) is 1.35. The molecule has 7 nitrogen and oxygen atoms in total. The summed E-state index contributed by atoms with van der Waals surface area (Å²) >= 11 is 0. The zero-order chi connectivity index (χ0) is 15.8. The summed E-state index contributed by atoms with van der Waals surface area (Å²) in [7, 11) is 1.61. The third-order valence-electron chi connectivity index (χ3n) is 5.07. The second kappa shape index (κ2) is 5.81. The lowest BCUT2D eigenvalue weighted by atomic mass is 9.84. The van der Waals surface area contributed by atoms with Crippen molar-refractivity contribution >= 4 is 16.9 Å². The maximum absolute atomic E-state index is 12.5. The lowest BCUT2D eigenvalue weighted by Gasteiger charge is -2.44. The zero-order valence-corrected chi connectivity index (χ0v) is 13.2. The molecular formula is C16H21N5O2. The van der Waals surface area contributed by atoms with Gasteiger partial charge in [0.2, 0.25) is 5.91 Å². The Labute approximate surface area is 134 Å². The van der Waals surface area contributed by atoms with Gasteiger partial charge in [-0.25, -0.2) is 0 Å². The highest BCUT2D eigenvalue weighted by Crippen LogP contribution is 2.28. The molecule has 122 valence electrons. The van der Waals surface area contributed by atoms with E-state index in [1.165, 1.54) is 25.9 Å². The molecule has 5 rings (SSSR count). The van der Waals surface area contributed by atoms with E-state index < -0.39 is 0 Å². The standard InChI is InChI=1S/C16H21N5O2/c1-23-15-8-13-12(18-20-19-13)6-11(15)7-16(22)17-14-9-21-4-2-10(14)3-5-21/h6,8,10,14H,2-5,7,9H2,1H3,(H,17,22)(H,18,19,20). The summed E-state index contributed by atoms with van der Waals surface area (Å²) < 4.78 is 5.39. The second-order valence-electron chi connectivity index (χ2n) is 6.47. The molecule has 2 N–H and O–H groups in total. The third kappa shape index (κ3) is 2.76. The molecule has 1 amide bonds. The number of piperidine rings is 3. The van der Waals surface area contributed by atoms with Gasteiger partial charge >= 0.3 is 0 Å². The van der Waals surface area contributed by atoms with Crippen molar-refractivity contribution in [3.05, 3.63) is 17.7 Å². The van der Waals surface area contributed by atoms with Gasteiger partial charge in [0.05, 0.1) is 13.5 Å². The Balaban J connectivity index is 1.47. The minimum Gasteiger partial charge on any atom is -0.496 e. The van der Waals surface area contributed by atoms with Crippen LogP contribution >= 0.6 is 0 Å². The van der Waals surface area contributed by atoms with Gasteiger partial charge in [0.25, 0.3) is 0 Å². The number of fused-ring (bicyclic) bond motifs is 4. The van der Waals surface area contributed by atoms with Crippen molar-refractivity contribution in [2.45, 2.75) is 25.3 Å². The molecule has 1 unspecified atom stereocenters. The van der Waals surface area contributed by atoms with Crippen LogP contribution in [0.1, 0.15) is 18.4 Å². The minimum atomic E-state index is 0.0462. The van der Waals surface area contributed by atoms with E-state index in [-0.39, 0.29) is 11.9 Å². The first kappa shape index (κ1) is 14.4. The number of carbonyl (C=O) groups excluding carboxylic acids is 1. The number of amides is 1. The summed E-state index contributed by atoms with van der Waals surface area (Å²) in [6, 6.07) is 3.97. The Morgan fingerprint density at radius 3 is 2.74 bits per heavy atom. The zero-order valence-electron chi connectivity index (χ0n) is 13.2. The van der Waals surface area contributed by atoms with E-state index in [0.29, 0.717) is 18.1 Å². The number of methoxy groups -OCH3 is 1. The molecule has 23 heavy (non-hydrogen) atoms. The predicted octanol–water partition coefficient (Wildman–Crippen LogP) is 0.719. The molecule has 3 aliphatic rings. The summed E-state index contributed by atoms with van der Waals surface area (Å²) in [6.07, 6.45) is 2.69. The van der Waals surface area contributed by atoms with Gasteiger partial charge in [0, 0.05) is 24.2 Å². The van der Waals surface area contributed by atoms with Crippen LogP contribution in [0.15, 0.2) is 12.1 Å². The fourth-order valence-corrected chi connectivity index (χ4v) is 3.80. The Morgan fingerprint density at radius 1 is 1.35 bits per heavy atom. The van der Waals surface area contributed by atoms with Crippen LogP contribution in [0, 0.1) is 5.92 Å². The first-order valence-corrected chi connectivity index (χ1v) is 8.12. The Bertz CT molecular complexity index is 720. The average molecular weight is 315 g/mol. The van der Waals surface area contributed by atoms with Gasteiger partial charge in [-0.2, -0.15) is 15.4 Å². The molecule has 0 radical (unpaired) electrons. The van der Waals surface area contributed by atoms with E-state index in [9.17, 15) is 4.79 Å². The van der Waals surface area contributed by atoms with Gasteiger partial charge in [0.1, 0.15) is 16.8 Å². The van der Waals surface area contributed by atoms with Crippen LogP contribution in [-0.4, -0.2) is 59.0 Å². The SMILES string of the molecule is COc1cc2n[nH]nc2cc1CC(=O)NC1CN2CCC1CC2. The molecule has 1 aromatic carbocycles. The van der Waals surface area contributed by atoms with Crippen molar-refractivity contribution in [1.82, 2.24) is 25.6 Å². The lowest BCUT2D eigenvalue weighted by Crippen LogP contribution is -2.57. The number of nitrogens with one attached hydrogen (secondary N) is 2. The average Bonchev–Trinajstić information content (AvgIpc) is 3.02. The number of ether oxygens (including phenoxy) is 1. The molecule has 0 saturated carbocycles. The molecule has 1 atom stereocenters. The summed E-state index contributed by atoms with van der Waals surface area (Å²) in [6.45, 7) is 3.33. The van der Waals surface area contributed by atoms with Gasteiger partial charge < -0.3 is 15.0 Å². The van der Waals surface area contributed by atoms with E-state index in [1.807, 2.05) is 12.1 Å². The number of carbonyl (C=O) groups is 1. The van der Waals surface area contributed by atoms with E-state index in [1.54, 1.807) is 7.11 Å². The first-order valence-electron chi connectivity index (χ1n) is 8.12. The number of aromatic amines is 1. The number of rotatable bonds is 4. The maximum Gasteiger partial charge on any atom is 0.224 e. The van der Waals surface area contributed by atoms with Crippen molar-refractivity contribution in [2.24, 2.45) is 5.92 Å². The molecule has 3 saturated heterocycles. The molecule has 2 aromatic rings. The van der Waals surface area contributed by atoms with Crippen LogP contribution in [0.5, 0.6) is 5.75 Å². The smallest absolute Gasteiger partial charge is 0.224 e. The minimum absolute atomic E-state index is 0.0462. The molecule has 3 fully saturated rings. The van der Waals surface area contributed by atoms with Crippen molar-refractivity contribution in [3.63, 3.8) is 0 Å². The topological polar surface area (TPSA) is 83.1 Å². The van der Waals surface area contributed by atoms with E-state index >= 15 is 0 Å². The van der Waals surface area contributed by atoms with E-state index in [2.05, 4.69) is 25.6 Å². The number of benzene rings is 1. The predicted molar refractivity (Wildman–Crippen MR) is 85.2 cm³/mol. The lowest BCUT2D eigenvalue weighted by molar-refractivity contribution is -0.122. The Kier molecular flexibility index (Phi) is 3.65. The van der Waals surface area contributed by atoms with Crippen molar-refractivity contribution in [2.75, 3.05) is 26.7 Å². The Morgan fingerprint density at radius 2 is 2.09 bits per heavy atom. The monoisotopic (exact) mass is 315 g/mol. The van der Waals surface area contributed by atoms with E-state index in [0.717, 1.165) is 23.1 Å². The Hall–Kier alpha value is -2.15. The molecule has 2 bridgehead atoms. The normalized spacial score (nSPS) is 26.4. The van der Waals surface area contributed by atoms with Gasteiger partial charge in [-0.3, -0.25) is 4.79 Å². The summed E-state index contributed by atoms with van der Waals surface area (Å²) in [5.41, 5.74) is 2.33. The summed E-state index contributed by atoms with van der Waals surface area (Å²) in [4.78, 5) is 14.9. The molecule has 1 aromatic heterocycles. The highest BCUT2D eigenvalue weighted by molar-refractivity contribution is 5.83. The largest absolute Gasteiger partial charge is 0.496 e. The van der Waals surface area contributed by atoms with Crippen LogP contribution < -0.4 is 10.1 Å². The van der Waals surface area contributed by atoms with Crippen molar-refractivity contribution < 1.29 is 9.53 Å². The van der Waals surface area contributed by atoms with Crippen LogP contribution in [0.3, 0.4) is 0 Å². The molecular weight excluding hydrogens is 294 g/mol. The molecule has 4 heterocycles.